The topological polar surface area (TPSA) is 67.9 Å². The first-order valence-corrected chi connectivity index (χ1v) is 17.2. The molecule has 0 rings (SSSR count). The monoisotopic (exact) mass is 500 g/mol. The summed E-state index contributed by atoms with van der Waals surface area (Å²) in [4.78, 5) is 0. The number of hydrogen-bond donors (Lipinski definition) is 0. The Morgan fingerprint density at radius 1 is 0.656 bits per heavy atom. The quantitative estimate of drug-likeness (QED) is 0.157. The van der Waals surface area contributed by atoms with Crippen molar-refractivity contribution in [2.45, 2.75) is 75.3 Å². The van der Waals surface area contributed by atoms with Gasteiger partial charge in [-0.15, -0.1) is 0 Å². The van der Waals surface area contributed by atoms with Crippen LogP contribution in [0.3, 0.4) is 0 Å². The number of allylic oxidation sites excluding steroid dienone is 4. The highest BCUT2D eigenvalue weighted by molar-refractivity contribution is 6.43. The zero-order valence-corrected chi connectivity index (χ0v) is 27.5. The molecule has 6 nitrogen and oxygen atoms in total. The smallest absolute Gasteiger partial charge is 0.184 e. The third-order valence-corrected chi connectivity index (χ3v) is 8.48. The fourth-order valence-corrected chi connectivity index (χ4v) is 3.71. The van der Waals surface area contributed by atoms with Gasteiger partial charge in [-0.3, -0.25) is 0 Å². The molecule has 0 aromatic carbocycles. The average Bonchev–Trinajstić information content (AvgIpc) is 2.83. The van der Waals surface area contributed by atoms with E-state index in [2.05, 4.69) is 75.5 Å². The van der Waals surface area contributed by atoms with Crippen molar-refractivity contribution in [1.29, 1.82) is 0 Å². The number of azo groups is 2. The van der Waals surface area contributed by atoms with Gasteiger partial charge in [0.05, 0.1) is 25.4 Å². The van der Waals surface area contributed by atoms with Gasteiger partial charge in [0.15, 0.2) is 19.5 Å². The summed E-state index contributed by atoms with van der Waals surface area (Å²) in [6, 6.07) is 0. The maximum Gasteiger partial charge on any atom is 0.184 e. The molecule has 0 heterocycles. The lowest BCUT2D eigenvalue weighted by Gasteiger charge is -2.09. The molecule has 9 heteroatoms. The van der Waals surface area contributed by atoms with Crippen LogP contribution in [0.1, 0.15) is 68.7 Å². The number of hydrogen-bond acceptors (Lipinski definition) is 6. The molecule has 0 aliphatic rings. The SMILES string of the molecule is CC.CC/C(C)=C(C)/C(C)=C(\C)CN=NC[SiH2]OC.CO[SiH2]CN=NC/C(C)=C(\C)[SiH2]C. The van der Waals surface area contributed by atoms with Crippen LogP contribution < -0.4 is 0 Å². The summed E-state index contributed by atoms with van der Waals surface area (Å²) in [5.41, 5.74) is 6.90. The molecule has 0 aliphatic carbocycles. The molecule has 0 atom stereocenters. The van der Waals surface area contributed by atoms with E-state index in [1.54, 1.807) is 19.4 Å². The number of rotatable bonds is 13. The van der Waals surface area contributed by atoms with Gasteiger partial charge in [0.25, 0.3) is 0 Å². The van der Waals surface area contributed by atoms with Gasteiger partial charge in [-0.25, -0.2) is 0 Å². The second-order valence-electron chi connectivity index (χ2n) is 7.39. The first-order chi connectivity index (χ1) is 15.3. The van der Waals surface area contributed by atoms with E-state index in [0.717, 1.165) is 25.3 Å². The molecule has 0 saturated carbocycles. The van der Waals surface area contributed by atoms with Crippen molar-refractivity contribution < 1.29 is 8.85 Å². The third-order valence-electron chi connectivity index (χ3n) is 5.24. The van der Waals surface area contributed by atoms with E-state index >= 15 is 0 Å². The fraction of sp³-hybridized carbons (Fsp3) is 0.739. The van der Waals surface area contributed by atoms with Crippen LogP contribution in [0.25, 0.3) is 0 Å². The summed E-state index contributed by atoms with van der Waals surface area (Å²) in [6.07, 6.45) is 2.70. The lowest BCUT2D eigenvalue weighted by molar-refractivity contribution is 0.441. The molecular formula is C23H52N4O2Si3. The maximum atomic E-state index is 5.05. The molecule has 188 valence electrons. The van der Waals surface area contributed by atoms with Crippen LogP contribution in [0.15, 0.2) is 53.5 Å². The van der Waals surface area contributed by atoms with Crippen LogP contribution in [-0.4, -0.2) is 68.7 Å². The molecule has 0 bridgehead atoms. The van der Waals surface area contributed by atoms with Crippen molar-refractivity contribution in [2.24, 2.45) is 20.5 Å². The van der Waals surface area contributed by atoms with Crippen molar-refractivity contribution in [3.63, 3.8) is 0 Å². The second kappa shape index (κ2) is 26.2. The van der Waals surface area contributed by atoms with Crippen LogP contribution in [0, 0.1) is 0 Å². The minimum absolute atomic E-state index is 0.00901. The van der Waals surface area contributed by atoms with E-state index in [0.29, 0.717) is 6.54 Å². The van der Waals surface area contributed by atoms with Crippen molar-refractivity contribution in [1.82, 2.24) is 0 Å². The first-order valence-electron chi connectivity index (χ1n) is 11.9. The van der Waals surface area contributed by atoms with Crippen LogP contribution >= 0.6 is 0 Å². The third kappa shape index (κ3) is 20.9. The van der Waals surface area contributed by atoms with E-state index in [9.17, 15) is 0 Å². The Labute approximate surface area is 206 Å². The molecule has 0 spiro atoms. The summed E-state index contributed by atoms with van der Waals surface area (Å²) in [5.74, 6) is 0. The summed E-state index contributed by atoms with van der Waals surface area (Å²) >= 11 is 0. The normalized spacial score (nSPS) is 14.8. The van der Waals surface area contributed by atoms with Crippen LogP contribution in [0.5, 0.6) is 0 Å². The lowest BCUT2D eigenvalue weighted by Crippen LogP contribution is -1.98. The largest absolute Gasteiger partial charge is 0.425 e. The zero-order valence-electron chi connectivity index (χ0n) is 23.3. The predicted octanol–water partition coefficient (Wildman–Crippen LogP) is 4.87. The summed E-state index contributed by atoms with van der Waals surface area (Å²) < 4.78 is 10.0. The van der Waals surface area contributed by atoms with Crippen molar-refractivity contribution >= 4 is 29.0 Å². The Balaban J connectivity index is -0.000000502. The first kappa shape index (κ1) is 35.6. The molecule has 32 heavy (non-hydrogen) atoms. The zero-order chi connectivity index (χ0) is 25.4. The van der Waals surface area contributed by atoms with Gasteiger partial charge < -0.3 is 8.85 Å². The Bertz CT molecular complexity index is 616. The highest BCUT2D eigenvalue weighted by Crippen LogP contribution is 2.19. The Hall–Kier alpha value is -1.01. The Morgan fingerprint density at radius 2 is 1.06 bits per heavy atom. The van der Waals surface area contributed by atoms with Gasteiger partial charge in [0.2, 0.25) is 0 Å². The van der Waals surface area contributed by atoms with E-state index in [4.69, 9.17) is 8.85 Å². The van der Waals surface area contributed by atoms with E-state index in [1.807, 2.05) is 13.8 Å². The summed E-state index contributed by atoms with van der Waals surface area (Å²) in [7, 11) is 2.60. The van der Waals surface area contributed by atoms with Crippen LogP contribution in [-0.2, 0) is 8.85 Å². The summed E-state index contributed by atoms with van der Waals surface area (Å²) in [6.45, 7) is 23.0. The molecular weight excluding hydrogens is 449 g/mol. The molecule has 0 unspecified atom stereocenters. The van der Waals surface area contributed by atoms with Crippen LogP contribution in [0.2, 0.25) is 6.55 Å². The van der Waals surface area contributed by atoms with Gasteiger partial charge in [0.1, 0.15) is 0 Å². The molecule has 0 radical (unpaired) electrons. The number of nitrogens with zero attached hydrogens (tertiary/aromatic N) is 4. The average molecular weight is 501 g/mol. The molecule has 0 aromatic heterocycles. The van der Waals surface area contributed by atoms with Gasteiger partial charge >= 0.3 is 0 Å². The summed E-state index contributed by atoms with van der Waals surface area (Å²) in [5, 5.41) is 18.1. The molecule has 0 amide bonds. The minimum atomic E-state index is -0.461. The van der Waals surface area contributed by atoms with Gasteiger partial charge in [-0.05, 0) is 64.7 Å². The van der Waals surface area contributed by atoms with Gasteiger partial charge in [0, 0.05) is 23.7 Å². The highest BCUT2D eigenvalue weighted by atomic mass is 28.2. The van der Waals surface area contributed by atoms with Crippen molar-refractivity contribution in [3.8, 4) is 0 Å². The molecule has 0 N–H and O–H groups in total. The van der Waals surface area contributed by atoms with Crippen LogP contribution in [0.4, 0.5) is 0 Å². The van der Waals surface area contributed by atoms with Crippen molar-refractivity contribution in [2.75, 3.05) is 39.6 Å². The minimum Gasteiger partial charge on any atom is -0.425 e. The van der Waals surface area contributed by atoms with E-state index < -0.39 is 19.5 Å². The fourth-order valence-electron chi connectivity index (χ4n) is 2.18. The van der Waals surface area contributed by atoms with Gasteiger partial charge in [-0.1, -0.05) is 43.7 Å². The van der Waals surface area contributed by atoms with E-state index in [1.165, 1.54) is 27.9 Å². The Morgan fingerprint density at radius 3 is 1.44 bits per heavy atom. The molecule has 0 fully saturated rings. The maximum absolute atomic E-state index is 5.05. The molecule has 0 aromatic rings. The Kier molecular flexibility index (Phi) is 29.2. The van der Waals surface area contributed by atoms with Crippen molar-refractivity contribution in [3.05, 3.63) is 33.1 Å². The lowest BCUT2D eigenvalue weighted by atomic mass is 9.98. The standard InChI is InChI=1S/C13H26N2OSi.C8H20N2OSi2.C2H6/c1-7-10(2)12(4)13(5)11(3)8-14-15-9-17-16-6;1-7(8(2)12-4)5-9-10-6-13-11-3;1-2/h7-9,17H2,1-6H3;5-6,12-13H2,1-4H3;1-2H3/b12-10+,13-11+,15-14?;8-7+,10-9?;. The van der Waals surface area contributed by atoms with Gasteiger partial charge in [-0.2, -0.15) is 20.5 Å². The van der Waals surface area contributed by atoms with E-state index in [-0.39, 0.29) is 9.52 Å². The molecule has 0 aliphatic heterocycles. The predicted molar refractivity (Wildman–Crippen MR) is 151 cm³/mol. The molecule has 0 saturated heterocycles. The highest BCUT2D eigenvalue weighted by Gasteiger charge is 2.02. The second-order valence-corrected chi connectivity index (χ2v) is 12.0.